The second-order valence-corrected chi connectivity index (χ2v) is 6.25. The number of carboxylic acids is 1. The molecule has 0 spiro atoms. The van der Waals surface area contributed by atoms with E-state index in [0.717, 1.165) is 16.8 Å². The fraction of sp³-hybridized carbons (Fsp3) is 0.211. The number of hydrazone groups is 1. The average molecular weight is 357 g/mol. The van der Waals surface area contributed by atoms with Crippen LogP contribution in [0.2, 0.25) is 5.02 Å². The maximum atomic E-state index is 12.5. The number of nitrogens with zero attached hydrogens (tertiary/aromatic N) is 2. The summed E-state index contributed by atoms with van der Waals surface area (Å²) in [5.74, 6) is -1.29. The van der Waals surface area contributed by atoms with Gasteiger partial charge in [0.05, 0.1) is 18.2 Å². The summed E-state index contributed by atoms with van der Waals surface area (Å²) in [6.45, 7) is 0. The smallest absolute Gasteiger partial charge is 0.303 e. The summed E-state index contributed by atoms with van der Waals surface area (Å²) in [5, 5.41) is 15.4. The van der Waals surface area contributed by atoms with Crippen molar-refractivity contribution in [2.45, 2.75) is 25.3 Å². The van der Waals surface area contributed by atoms with Gasteiger partial charge >= 0.3 is 5.97 Å². The summed E-state index contributed by atoms with van der Waals surface area (Å²) in [6, 6.07) is 16.7. The minimum Gasteiger partial charge on any atom is -0.481 e. The molecule has 1 N–H and O–H groups in total. The van der Waals surface area contributed by atoms with Crippen LogP contribution < -0.4 is 0 Å². The zero-order valence-electron chi connectivity index (χ0n) is 13.4. The SMILES string of the molecule is O=C(O)CCC(=O)N1N=C(c2ccc(Cl)cc2)C[C@H]1c1ccccc1. The maximum Gasteiger partial charge on any atom is 0.303 e. The van der Waals surface area contributed by atoms with Gasteiger partial charge in [-0.05, 0) is 23.3 Å². The van der Waals surface area contributed by atoms with E-state index in [1.807, 2.05) is 42.5 Å². The van der Waals surface area contributed by atoms with Crippen LogP contribution in [0.15, 0.2) is 59.7 Å². The van der Waals surface area contributed by atoms with Crippen molar-refractivity contribution < 1.29 is 14.7 Å². The van der Waals surface area contributed by atoms with Gasteiger partial charge in [-0.3, -0.25) is 9.59 Å². The van der Waals surface area contributed by atoms with Crippen molar-refractivity contribution in [2.24, 2.45) is 5.10 Å². The molecule has 1 aliphatic rings. The molecule has 2 aromatic carbocycles. The van der Waals surface area contributed by atoms with Gasteiger partial charge in [0, 0.05) is 17.9 Å². The van der Waals surface area contributed by atoms with Crippen molar-refractivity contribution in [3.63, 3.8) is 0 Å². The fourth-order valence-electron chi connectivity index (χ4n) is 2.82. The molecule has 0 radical (unpaired) electrons. The molecule has 0 bridgehead atoms. The van der Waals surface area contributed by atoms with Gasteiger partial charge in [-0.2, -0.15) is 5.10 Å². The summed E-state index contributed by atoms with van der Waals surface area (Å²) in [4.78, 5) is 23.3. The van der Waals surface area contributed by atoms with Gasteiger partial charge in [-0.1, -0.05) is 54.1 Å². The standard InChI is InChI=1S/C19H17ClN2O3/c20-15-8-6-13(7-9-15)16-12-17(14-4-2-1-3-5-14)22(21-16)18(23)10-11-19(24)25/h1-9,17H,10-12H2,(H,24,25)/t17-/m0/s1. The topological polar surface area (TPSA) is 70.0 Å². The molecule has 1 heterocycles. The average Bonchev–Trinajstić information content (AvgIpc) is 3.06. The van der Waals surface area contributed by atoms with E-state index in [1.54, 1.807) is 12.1 Å². The van der Waals surface area contributed by atoms with Crippen LogP contribution in [-0.4, -0.2) is 27.7 Å². The number of halogens is 1. The third-order valence-corrected chi connectivity index (χ3v) is 4.33. The van der Waals surface area contributed by atoms with E-state index >= 15 is 0 Å². The van der Waals surface area contributed by atoms with Crippen molar-refractivity contribution in [3.8, 4) is 0 Å². The van der Waals surface area contributed by atoms with E-state index in [9.17, 15) is 9.59 Å². The molecule has 0 aliphatic carbocycles. The van der Waals surface area contributed by atoms with Crippen molar-refractivity contribution in [3.05, 3.63) is 70.7 Å². The summed E-state index contributed by atoms with van der Waals surface area (Å²) in [5.41, 5.74) is 2.66. The third kappa shape index (κ3) is 4.06. The number of carbonyl (C=O) groups excluding carboxylic acids is 1. The van der Waals surface area contributed by atoms with E-state index in [0.29, 0.717) is 11.4 Å². The molecule has 3 rings (SSSR count). The number of carboxylic acid groups (broad SMARTS) is 1. The Morgan fingerprint density at radius 3 is 2.40 bits per heavy atom. The Balaban J connectivity index is 1.88. The van der Waals surface area contributed by atoms with Gasteiger partial charge in [0.1, 0.15) is 0 Å². The minimum absolute atomic E-state index is 0.0733. The van der Waals surface area contributed by atoms with Crippen molar-refractivity contribution in [1.29, 1.82) is 0 Å². The van der Waals surface area contributed by atoms with Crippen molar-refractivity contribution >= 4 is 29.2 Å². The molecule has 1 aliphatic heterocycles. The summed E-state index contributed by atoms with van der Waals surface area (Å²) >= 11 is 5.93. The Morgan fingerprint density at radius 1 is 1.08 bits per heavy atom. The Hall–Kier alpha value is -2.66. The Labute approximate surface area is 150 Å². The zero-order chi connectivity index (χ0) is 17.8. The minimum atomic E-state index is -0.995. The highest BCUT2D eigenvalue weighted by molar-refractivity contribution is 6.30. The van der Waals surface area contributed by atoms with Gasteiger partial charge in [0.25, 0.3) is 0 Å². The molecule has 0 aromatic heterocycles. The molecule has 5 nitrogen and oxygen atoms in total. The highest BCUT2D eigenvalue weighted by atomic mass is 35.5. The highest BCUT2D eigenvalue weighted by Crippen LogP contribution is 2.33. The van der Waals surface area contributed by atoms with Gasteiger partial charge < -0.3 is 5.11 Å². The third-order valence-electron chi connectivity index (χ3n) is 4.08. The molecule has 1 amide bonds. The first-order valence-corrected chi connectivity index (χ1v) is 8.34. The lowest BCUT2D eigenvalue weighted by atomic mass is 9.98. The number of hydrogen-bond acceptors (Lipinski definition) is 3. The molecule has 2 aromatic rings. The van der Waals surface area contributed by atoms with Gasteiger partial charge in [-0.15, -0.1) is 0 Å². The van der Waals surface area contributed by atoms with E-state index in [-0.39, 0.29) is 24.8 Å². The molecule has 128 valence electrons. The first kappa shape index (κ1) is 17.2. The zero-order valence-corrected chi connectivity index (χ0v) is 14.2. The summed E-state index contributed by atoms with van der Waals surface area (Å²) in [6.07, 6.45) is 0.295. The van der Waals surface area contributed by atoms with E-state index in [2.05, 4.69) is 5.10 Å². The molecular formula is C19H17ClN2O3. The van der Waals surface area contributed by atoms with Crippen LogP contribution in [0.3, 0.4) is 0 Å². The lowest BCUT2D eigenvalue weighted by Gasteiger charge is -2.21. The van der Waals surface area contributed by atoms with Crippen LogP contribution in [0, 0.1) is 0 Å². The monoisotopic (exact) mass is 356 g/mol. The molecule has 6 heteroatoms. The van der Waals surface area contributed by atoms with Gasteiger partial charge in [0.2, 0.25) is 5.91 Å². The van der Waals surface area contributed by atoms with E-state index in [1.165, 1.54) is 5.01 Å². The number of aliphatic carboxylic acids is 1. The molecule has 25 heavy (non-hydrogen) atoms. The van der Waals surface area contributed by atoms with Crippen LogP contribution in [0.5, 0.6) is 0 Å². The van der Waals surface area contributed by atoms with E-state index < -0.39 is 5.97 Å². The number of rotatable bonds is 5. The van der Waals surface area contributed by atoms with Crippen LogP contribution in [0.1, 0.15) is 36.4 Å². The number of amides is 1. The molecular weight excluding hydrogens is 340 g/mol. The van der Waals surface area contributed by atoms with E-state index in [4.69, 9.17) is 16.7 Å². The second-order valence-electron chi connectivity index (χ2n) is 5.82. The molecule has 0 saturated heterocycles. The Kier molecular flexibility index (Phi) is 5.14. The number of carbonyl (C=O) groups is 2. The molecule has 0 unspecified atom stereocenters. The van der Waals surface area contributed by atoms with Crippen LogP contribution >= 0.6 is 11.6 Å². The molecule has 0 saturated carbocycles. The summed E-state index contributed by atoms with van der Waals surface area (Å²) in [7, 11) is 0. The Bertz CT molecular complexity index is 803. The predicted molar refractivity (Wildman–Crippen MR) is 95.5 cm³/mol. The van der Waals surface area contributed by atoms with Gasteiger partial charge in [-0.25, -0.2) is 5.01 Å². The first-order chi connectivity index (χ1) is 12.0. The van der Waals surface area contributed by atoms with Crippen molar-refractivity contribution in [1.82, 2.24) is 5.01 Å². The second kappa shape index (κ2) is 7.49. The number of hydrogen-bond donors (Lipinski definition) is 1. The van der Waals surface area contributed by atoms with Crippen LogP contribution in [0.4, 0.5) is 0 Å². The molecule has 0 fully saturated rings. The summed E-state index contributed by atoms with van der Waals surface area (Å²) < 4.78 is 0. The first-order valence-electron chi connectivity index (χ1n) is 7.97. The predicted octanol–water partition coefficient (Wildman–Crippen LogP) is 3.88. The quantitative estimate of drug-likeness (QED) is 0.883. The van der Waals surface area contributed by atoms with Crippen LogP contribution in [-0.2, 0) is 9.59 Å². The highest BCUT2D eigenvalue weighted by Gasteiger charge is 2.32. The van der Waals surface area contributed by atoms with Crippen LogP contribution in [0.25, 0.3) is 0 Å². The molecule has 1 atom stereocenters. The van der Waals surface area contributed by atoms with Crippen molar-refractivity contribution in [2.75, 3.05) is 0 Å². The maximum absolute atomic E-state index is 12.5. The lowest BCUT2D eigenvalue weighted by molar-refractivity contribution is -0.141. The largest absolute Gasteiger partial charge is 0.481 e. The Morgan fingerprint density at radius 2 is 1.76 bits per heavy atom. The fourth-order valence-corrected chi connectivity index (χ4v) is 2.95. The normalized spacial score (nSPS) is 16.6. The van der Waals surface area contributed by atoms with Gasteiger partial charge in [0.15, 0.2) is 0 Å². The lowest BCUT2D eigenvalue weighted by Crippen LogP contribution is -2.27. The number of benzene rings is 2.